The smallest absolute Gasteiger partial charge is 0.119 e. The summed E-state index contributed by atoms with van der Waals surface area (Å²) >= 11 is 0. The summed E-state index contributed by atoms with van der Waals surface area (Å²) in [6.45, 7) is 6.59. The fourth-order valence-electron chi connectivity index (χ4n) is 1.61. The van der Waals surface area contributed by atoms with E-state index >= 15 is 0 Å². The van der Waals surface area contributed by atoms with Gasteiger partial charge in [-0.05, 0) is 32.0 Å². The van der Waals surface area contributed by atoms with Crippen LogP contribution in [0.2, 0.25) is 0 Å². The average molecular weight is 267 g/mol. The molecule has 0 aliphatic rings. The van der Waals surface area contributed by atoms with Crippen molar-refractivity contribution in [3.05, 3.63) is 30.3 Å². The van der Waals surface area contributed by atoms with Gasteiger partial charge in [-0.1, -0.05) is 25.1 Å². The summed E-state index contributed by atoms with van der Waals surface area (Å²) in [4.78, 5) is 0. The van der Waals surface area contributed by atoms with Crippen molar-refractivity contribution < 1.29 is 14.6 Å². The van der Waals surface area contributed by atoms with Gasteiger partial charge in [-0.2, -0.15) is 0 Å². The van der Waals surface area contributed by atoms with Crippen LogP contribution in [-0.4, -0.2) is 43.6 Å². The Balaban J connectivity index is 2.06. The van der Waals surface area contributed by atoms with Crippen LogP contribution in [0.25, 0.3) is 0 Å². The van der Waals surface area contributed by atoms with E-state index in [0.29, 0.717) is 26.4 Å². The van der Waals surface area contributed by atoms with Gasteiger partial charge in [0, 0.05) is 6.54 Å². The van der Waals surface area contributed by atoms with E-state index in [1.165, 1.54) is 0 Å². The first kappa shape index (κ1) is 16.0. The van der Waals surface area contributed by atoms with Crippen molar-refractivity contribution in [3.63, 3.8) is 0 Å². The van der Waals surface area contributed by atoms with Crippen LogP contribution < -0.4 is 10.1 Å². The fraction of sp³-hybridized carbons (Fsp3) is 0.600. The van der Waals surface area contributed by atoms with Gasteiger partial charge < -0.3 is 19.9 Å². The van der Waals surface area contributed by atoms with Gasteiger partial charge in [-0.3, -0.25) is 0 Å². The van der Waals surface area contributed by atoms with E-state index < -0.39 is 5.60 Å². The molecular formula is C15H25NO3. The van der Waals surface area contributed by atoms with Crippen molar-refractivity contribution in [2.45, 2.75) is 25.9 Å². The van der Waals surface area contributed by atoms with Crippen molar-refractivity contribution in [3.8, 4) is 5.75 Å². The second-order valence-electron chi connectivity index (χ2n) is 4.89. The van der Waals surface area contributed by atoms with Crippen molar-refractivity contribution in [1.82, 2.24) is 5.32 Å². The number of benzene rings is 1. The predicted molar refractivity (Wildman–Crippen MR) is 76.5 cm³/mol. The number of para-hydroxylation sites is 1. The van der Waals surface area contributed by atoms with Crippen LogP contribution in [-0.2, 0) is 4.74 Å². The van der Waals surface area contributed by atoms with Gasteiger partial charge in [0.15, 0.2) is 0 Å². The first-order valence-corrected chi connectivity index (χ1v) is 6.83. The van der Waals surface area contributed by atoms with Gasteiger partial charge in [0.25, 0.3) is 0 Å². The highest BCUT2D eigenvalue weighted by molar-refractivity contribution is 5.20. The minimum atomic E-state index is -0.831. The highest BCUT2D eigenvalue weighted by atomic mass is 16.5. The molecule has 108 valence electrons. The first-order valence-electron chi connectivity index (χ1n) is 6.83. The van der Waals surface area contributed by atoms with Gasteiger partial charge in [-0.15, -0.1) is 0 Å². The number of hydrogen-bond donors (Lipinski definition) is 2. The number of ether oxygens (including phenoxy) is 2. The number of nitrogens with one attached hydrogen (secondary N) is 1. The van der Waals surface area contributed by atoms with Crippen LogP contribution in [0.5, 0.6) is 5.75 Å². The molecule has 4 nitrogen and oxygen atoms in total. The number of hydrogen-bond acceptors (Lipinski definition) is 4. The van der Waals surface area contributed by atoms with E-state index in [0.717, 1.165) is 18.7 Å². The second-order valence-corrected chi connectivity index (χ2v) is 4.89. The van der Waals surface area contributed by atoms with Crippen LogP contribution in [0.1, 0.15) is 20.3 Å². The topological polar surface area (TPSA) is 50.7 Å². The largest absolute Gasteiger partial charge is 0.491 e. The molecule has 0 amide bonds. The summed E-state index contributed by atoms with van der Waals surface area (Å²) in [6.07, 6.45) is 1.06. The van der Waals surface area contributed by atoms with Gasteiger partial charge in [0.2, 0.25) is 0 Å². The van der Waals surface area contributed by atoms with E-state index in [1.807, 2.05) is 30.3 Å². The van der Waals surface area contributed by atoms with E-state index in [9.17, 15) is 5.11 Å². The molecule has 19 heavy (non-hydrogen) atoms. The van der Waals surface area contributed by atoms with Gasteiger partial charge in [0.05, 0.1) is 18.8 Å². The Morgan fingerprint density at radius 1 is 1.21 bits per heavy atom. The van der Waals surface area contributed by atoms with Crippen molar-refractivity contribution in [2.75, 3.05) is 32.9 Å². The molecule has 0 aliphatic heterocycles. The van der Waals surface area contributed by atoms with Crippen molar-refractivity contribution in [2.24, 2.45) is 0 Å². The Labute approximate surface area is 115 Å². The molecule has 2 N–H and O–H groups in total. The SMILES string of the molecule is CCCNCC(C)(O)COCCOc1ccccc1. The summed E-state index contributed by atoms with van der Waals surface area (Å²) in [5.74, 6) is 0.836. The molecule has 4 heteroatoms. The zero-order valence-electron chi connectivity index (χ0n) is 11.9. The maximum absolute atomic E-state index is 10.0. The van der Waals surface area contributed by atoms with Gasteiger partial charge in [0.1, 0.15) is 12.4 Å². The molecular weight excluding hydrogens is 242 g/mol. The van der Waals surface area contributed by atoms with Crippen LogP contribution in [0.15, 0.2) is 30.3 Å². The molecule has 0 heterocycles. The molecule has 1 rings (SSSR count). The zero-order chi connectivity index (χ0) is 14.0. The lowest BCUT2D eigenvalue weighted by molar-refractivity contribution is -0.0376. The highest BCUT2D eigenvalue weighted by Gasteiger charge is 2.19. The Kier molecular flexibility index (Phi) is 7.48. The average Bonchev–Trinajstić information content (AvgIpc) is 2.39. The molecule has 0 radical (unpaired) electrons. The lowest BCUT2D eigenvalue weighted by atomic mass is 10.1. The van der Waals surface area contributed by atoms with E-state index in [2.05, 4.69) is 12.2 Å². The second kappa shape index (κ2) is 8.91. The maximum Gasteiger partial charge on any atom is 0.119 e. The minimum absolute atomic E-state index is 0.307. The lowest BCUT2D eigenvalue weighted by Gasteiger charge is -2.23. The molecule has 0 saturated carbocycles. The summed E-state index contributed by atoms with van der Waals surface area (Å²) in [5, 5.41) is 13.2. The third kappa shape index (κ3) is 7.82. The van der Waals surface area contributed by atoms with Crippen LogP contribution in [0.3, 0.4) is 0 Å². The highest BCUT2D eigenvalue weighted by Crippen LogP contribution is 2.08. The van der Waals surface area contributed by atoms with Crippen molar-refractivity contribution >= 4 is 0 Å². The Morgan fingerprint density at radius 3 is 2.63 bits per heavy atom. The summed E-state index contributed by atoms with van der Waals surface area (Å²) in [6, 6.07) is 9.63. The molecule has 0 spiro atoms. The Bertz CT molecular complexity index is 327. The third-order valence-electron chi connectivity index (χ3n) is 2.59. The van der Waals surface area contributed by atoms with Gasteiger partial charge in [-0.25, -0.2) is 0 Å². The molecule has 1 atom stereocenters. The fourth-order valence-corrected chi connectivity index (χ4v) is 1.61. The van der Waals surface area contributed by atoms with Crippen LogP contribution >= 0.6 is 0 Å². The summed E-state index contributed by atoms with van der Waals surface area (Å²) in [5.41, 5.74) is -0.831. The maximum atomic E-state index is 10.0. The normalized spacial score (nSPS) is 14.1. The monoisotopic (exact) mass is 267 g/mol. The van der Waals surface area contributed by atoms with E-state index in [4.69, 9.17) is 9.47 Å². The quantitative estimate of drug-likeness (QED) is 0.635. The third-order valence-corrected chi connectivity index (χ3v) is 2.59. The summed E-state index contributed by atoms with van der Waals surface area (Å²) < 4.78 is 10.9. The molecule has 1 aromatic rings. The molecule has 1 aromatic carbocycles. The molecule has 0 aromatic heterocycles. The Hall–Kier alpha value is -1.10. The molecule has 1 unspecified atom stereocenters. The van der Waals surface area contributed by atoms with Crippen LogP contribution in [0.4, 0.5) is 0 Å². The standard InChI is InChI=1S/C15H25NO3/c1-3-9-16-12-15(2,17)13-18-10-11-19-14-7-5-4-6-8-14/h4-8,16-17H,3,9-13H2,1-2H3. The van der Waals surface area contributed by atoms with E-state index in [1.54, 1.807) is 6.92 Å². The van der Waals surface area contributed by atoms with Crippen molar-refractivity contribution in [1.29, 1.82) is 0 Å². The lowest BCUT2D eigenvalue weighted by Crippen LogP contribution is -2.42. The molecule has 0 aliphatic carbocycles. The Morgan fingerprint density at radius 2 is 1.95 bits per heavy atom. The molecule has 0 saturated heterocycles. The predicted octanol–water partition coefficient (Wildman–Crippen LogP) is 1.83. The number of aliphatic hydroxyl groups is 1. The minimum Gasteiger partial charge on any atom is -0.491 e. The molecule has 0 fully saturated rings. The number of rotatable bonds is 10. The van der Waals surface area contributed by atoms with E-state index in [-0.39, 0.29) is 0 Å². The van der Waals surface area contributed by atoms with Gasteiger partial charge >= 0.3 is 0 Å². The molecule has 0 bridgehead atoms. The zero-order valence-corrected chi connectivity index (χ0v) is 11.9. The summed E-state index contributed by atoms with van der Waals surface area (Å²) in [7, 11) is 0. The first-order chi connectivity index (χ1) is 9.14. The van der Waals surface area contributed by atoms with Crippen LogP contribution in [0, 0.1) is 0 Å².